The van der Waals surface area contributed by atoms with Gasteiger partial charge < -0.3 is 14.6 Å². The van der Waals surface area contributed by atoms with Crippen LogP contribution in [-0.2, 0) is 7.05 Å². The summed E-state index contributed by atoms with van der Waals surface area (Å²) in [7, 11) is 2.02. The molecule has 0 aromatic carbocycles. The van der Waals surface area contributed by atoms with Crippen molar-refractivity contribution >= 4 is 5.95 Å². The molecule has 0 spiro atoms. The third-order valence-corrected chi connectivity index (χ3v) is 3.06. The molecule has 0 bridgehead atoms. The van der Waals surface area contributed by atoms with E-state index in [1.807, 2.05) is 37.9 Å². The zero-order valence-electron chi connectivity index (χ0n) is 10.9. The van der Waals surface area contributed by atoms with Gasteiger partial charge in [0, 0.05) is 52.2 Å². The molecule has 0 aliphatic carbocycles. The Morgan fingerprint density at radius 1 is 1.29 bits per heavy atom. The van der Waals surface area contributed by atoms with Gasteiger partial charge in [-0.15, -0.1) is 0 Å². The van der Waals surface area contributed by atoms with E-state index < -0.39 is 5.60 Å². The zero-order valence-corrected chi connectivity index (χ0v) is 10.9. The van der Waals surface area contributed by atoms with Crippen LogP contribution in [0, 0.1) is 0 Å². The molecule has 1 aromatic rings. The van der Waals surface area contributed by atoms with Gasteiger partial charge >= 0.3 is 0 Å². The average molecular weight is 238 g/mol. The molecule has 96 valence electrons. The maximum atomic E-state index is 9.79. The summed E-state index contributed by atoms with van der Waals surface area (Å²) in [5, 5.41) is 9.79. The maximum Gasteiger partial charge on any atom is 0.205 e. The Labute approximate surface area is 103 Å². The molecule has 5 heteroatoms. The molecule has 0 amide bonds. The molecule has 17 heavy (non-hydrogen) atoms. The highest BCUT2D eigenvalue weighted by atomic mass is 16.3. The smallest absolute Gasteiger partial charge is 0.205 e. The Bertz CT molecular complexity index is 361. The van der Waals surface area contributed by atoms with E-state index in [1.165, 1.54) is 0 Å². The van der Waals surface area contributed by atoms with Gasteiger partial charge in [0.1, 0.15) is 0 Å². The quantitative estimate of drug-likeness (QED) is 0.823. The average Bonchev–Trinajstić information content (AvgIpc) is 2.63. The molecule has 1 aliphatic rings. The fourth-order valence-electron chi connectivity index (χ4n) is 2.32. The van der Waals surface area contributed by atoms with E-state index in [4.69, 9.17) is 0 Å². The second-order valence-electron chi connectivity index (χ2n) is 5.41. The fraction of sp³-hybridized carbons (Fsp3) is 0.750. The van der Waals surface area contributed by atoms with Crippen LogP contribution in [0.4, 0.5) is 5.95 Å². The van der Waals surface area contributed by atoms with Gasteiger partial charge in [0.2, 0.25) is 5.95 Å². The largest absolute Gasteiger partial charge is 0.389 e. The molecule has 0 unspecified atom stereocenters. The molecule has 0 saturated carbocycles. The molecule has 1 N–H and O–H groups in total. The zero-order chi connectivity index (χ0) is 12.5. The molecular weight excluding hydrogens is 216 g/mol. The number of aryl methyl sites for hydroxylation is 1. The van der Waals surface area contributed by atoms with Crippen LogP contribution in [0.3, 0.4) is 0 Å². The van der Waals surface area contributed by atoms with E-state index in [9.17, 15) is 5.11 Å². The molecule has 0 radical (unpaired) electrons. The minimum absolute atomic E-state index is 0.606. The van der Waals surface area contributed by atoms with E-state index in [1.54, 1.807) is 0 Å². The molecule has 1 aliphatic heterocycles. The van der Waals surface area contributed by atoms with Crippen LogP contribution in [0.2, 0.25) is 0 Å². The lowest BCUT2D eigenvalue weighted by molar-refractivity contribution is 0.0344. The summed E-state index contributed by atoms with van der Waals surface area (Å²) < 4.78 is 2.05. The van der Waals surface area contributed by atoms with Crippen molar-refractivity contribution in [2.45, 2.75) is 19.4 Å². The summed E-state index contributed by atoms with van der Waals surface area (Å²) in [5.41, 5.74) is -0.606. The summed E-state index contributed by atoms with van der Waals surface area (Å²) in [6.07, 6.45) is 3.80. The summed E-state index contributed by atoms with van der Waals surface area (Å²) in [5.74, 6) is 1.04. The highest BCUT2D eigenvalue weighted by molar-refractivity contribution is 5.31. The molecular formula is C12H22N4O. The number of aliphatic hydroxyl groups is 1. The second kappa shape index (κ2) is 4.66. The fourth-order valence-corrected chi connectivity index (χ4v) is 2.32. The van der Waals surface area contributed by atoms with Crippen molar-refractivity contribution < 1.29 is 5.11 Å². The third kappa shape index (κ3) is 3.20. The first-order valence-electron chi connectivity index (χ1n) is 6.13. The Kier molecular flexibility index (Phi) is 3.40. The van der Waals surface area contributed by atoms with Crippen LogP contribution in [0.15, 0.2) is 12.4 Å². The Morgan fingerprint density at radius 2 is 1.94 bits per heavy atom. The van der Waals surface area contributed by atoms with Crippen molar-refractivity contribution in [2.24, 2.45) is 7.05 Å². The van der Waals surface area contributed by atoms with Gasteiger partial charge in [-0.25, -0.2) is 4.98 Å². The summed E-state index contributed by atoms with van der Waals surface area (Å²) in [4.78, 5) is 8.96. The second-order valence-corrected chi connectivity index (χ2v) is 5.41. The summed E-state index contributed by atoms with van der Waals surface area (Å²) in [6.45, 7) is 8.37. The van der Waals surface area contributed by atoms with Gasteiger partial charge in [-0.05, 0) is 13.8 Å². The number of β-amino-alcohol motifs (C(OH)–C–C–N with tert-alkyl or cyclic N) is 1. The van der Waals surface area contributed by atoms with Crippen molar-refractivity contribution in [3.63, 3.8) is 0 Å². The number of rotatable bonds is 3. The highest BCUT2D eigenvalue weighted by Crippen LogP contribution is 2.14. The number of imidazole rings is 1. The van der Waals surface area contributed by atoms with Crippen LogP contribution in [0.25, 0.3) is 0 Å². The Hall–Kier alpha value is -1.07. The Balaban J connectivity index is 1.88. The van der Waals surface area contributed by atoms with Crippen LogP contribution in [0.1, 0.15) is 13.8 Å². The van der Waals surface area contributed by atoms with Crippen molar-refractivity contribution in [2.75, 3.05) is 37.6 Å². The first-order chi connectivity index (χ1) is 7.96. The first-order valence-corrected chi connectivity index (χ1v) is 6.13. The lowest BCUT2D eigenvalue weighted by Crippen LogP contribution is -2.51. The summed E-state index contributed by atoms with van der Waals surface area (Å²) >= 11 is 0. The van der Waals surface area contributed by atoms with Crippen molar-refractivity contribution in [1.29, 1.82) is 0 Å². The lowest BCUT2D eigenvalue weighted by atomic mass is 10.1. The predicted molar refractivity (Wildman–Crippen MR) is 68.2 cm³/mol. The van der Waals surface area contributed by atoms with Gasteiger partial charge in [-0.1, -0.05) is 0 Å². The molecule has 1 saturated heterocycles. The standard InChI is InChI=1S/C12H22N4O/c1-12(2,17)10-15-6-8-16(9-7-15)11-13-4-5-14(11)3/h4-5,17H,6-10H2,1-3H3. The molecule has 1 aromatic heterocycles. The Morgan fingerprint density at radius 3 is 2.41 bits per heavy atom. The maximum absolute atomic E-state index is 9.79. The number of aromatic nitrogens is 2. The van der Waals surface area contributed by atoms with E-state index in [-0.39, 0.29) is 0 Å². The van der Waals surface area contributed by atoms with E-state index in [2.05, 4.69) is 14.8 Å². The van der Waals surface area contributed by atoms with Crippen molar-refractivity contribution in [3.05, 3.63) is 12.4 Å². The van der Waals surface area contributed by atoms with Crippen LogP contribution in [-0.4, -0.2) is 57.9 Å². The highest BCUT2D eigenvalue weighted by Gasteiger charge is 2.23. The number of hydrogen-bond acceptors (Lipinski definition) is 4. The minimum atomic E-state index is -0.606. The van der Waals surface area contributed by atoms with Gasteiger partial charge in [0.05, 0.1) is 5.60 Å². The molecule has 2 heterocycles. The topological polar surface area (TPSA) is 44.5 Å². The molecule has 5 nitrogen and oxygen atoms in total. The number of nitrogens with zero attached hydrogens (tertiary/aromatic N) is 4. The van der Waals surface area contributed by atoms with E-state index in [0.717, 1.165) is 38.7 Å². The van der Waals surface area contributed by atoms with E-state index in [0.29, 0.717) is 0 Å². The van der Waals surface area contributed by atoms with Crippen molar-refractivity contribution in [3.8, 4) is 0 Å². The van der Waals surface area contributed by atoms with Gasteiger partial charge in [0.25, 0.3) is 0 Å². The third-order valence-electron chi connectivity index (χ3n) is 3.06. The first kappa shape index (κ1) is 12.4. The van der Waals surface area contributed by atoms with Gasteiger partial charge in [0.15, 0.2) is 0 Å². The van der Waals surface area contributed by atoms with E-state index >= 15 is 0 Å². The monoisotopic (exact) mass is 238 g/mol. The van der Waals surface area contributed by atoms with Gasteiger partial charge in [-0.3, -0.25) is 4.90 Å². The SMILES string of the molecule is Cn1ccnc1N1CCN(CC(C)(C)O)CC1. The molecule has 2 rings (SSSR count). The predicted octanol–water partition coefficient (Wildman–Crippen LogP) is 0.313. The van der Waals surface area contributed by atoms with Crippen LogP contribution in [0.5, 0.6) is 0 Å². The van der Waals surface area contributed by atoms with Crippen LogP contribution < -0.4 is 4.90 Å². The minimum Gasteiger partial charge on any atom is -0.389 e. The van der Waals surface area contributed by atoms with Gasteiger partial charge in [-0.2, -0.15) is 0 Å². The number of piperazine rings is 1. The molecule has 1 fully saturated rings. The number of anilines is 1. The summed E-state index contributed by atoms with van der Waals surface area (Å²) in [6, 6.07) is 0. The number of hydrogen-bond donors (Lipinski definition) is 1. The normalized spacial score (nSPS) is 18.7. The van der Waals surface area contributed by atoms with Crippen LogP contribution >= 0.6 is 0 Å². The lowest BCUT2D eigenvalue weighted by Gasteiger charge is -2.37. The molecule has 0 atom stereocenters. The van der Waals surface area contributed by atoms with Crippen molar-refractivity contribution in [1.82, 2.24) is 14.5 Å².